The minimum absolute atomic E-state index is 0.0237. The van der Waals surface area contributed by atoms with Gasteiger partial charge in [0.2, 0.25) is 5.91 Å². The highest BCUT2D eigenvalue weighted by Crippen LogP contribution is 2.46. The molecule has 1 aliphatic heterocycles. The van der Waals surface area contributed by atoms with Crippen molar-refractivity contribution < 1.29 is 9.59 Å². The van der Waals surface area contributed by atoms with E-state index in [1.807, 2.05) is 52.0 Å². The molecule has 3 atom stereocenters. The lowest BCUT2D eigenvalue weighted by molar-refractivity contribution is -0.128. The van der Waals surface area contributed by atoms with Crippen molar-refractivity contribution in [1.29, 1.82) is 0 Å². The molecule has 1 saturated carbocycles. The molecule has 1 aliphatic carbocycles. The molecule has 2 aromatic carbocycles. The standard InChI is InChI=1S/C27H25N7O2/c1-2-22(35)33-14-16-11-20(33)21(12-16)34-26-23(25(28)29-15-30-26)24(32-34)17-7-6-8-18(13-17)27(36)31-19-9-4-3-5-10-19/h2-10,13,15-16,20-21H,1,11-12,14H2,(H,31,36)(H2,28,29,30). The van der Waals surface area contributed by atoms with Gasteiger partial charge in [-0.3, -0.25) is 9.59 Å². The summed E-state index contributed by atoms with van der Waals surface area (Å²) in [6.07, 6.45) is 4.64. The van der Waals surface area contributed by atoms with Gasteiger partial charge in [0, 0.05) is 23.4 Å². The molecule has 0 spiro atoms. The van der Waals surface area contributed by atoms with Crippen LogP contribution in [0.3, 0.4) is 0 Å². The first-order chi connectivity index (χ1) is 17.5. The van der Waals surface area contributed by atoms with E-state index in [2.05, 4.69) is 21.9 Å². The number of likely N-dealkylation sites (tertiary alicyclic amines) is 1. The smallest absolute Gasteiger partial charge is 0.255 e. The molecule has 9 nitrogen and oxygen atoms in total. The lowest BCUT2D eigenvalue weighted by Crippen LogP contribution is -2.42. The highest BCUT2D eigenvalue weighted by atomic mass is 16.2. The number of nitrogens with one attached hydrogen (secondary N) is 1. The molecule has 2 bridgehead atoms. The van der Waals surface area contributed by atoms with Crippen LogP contribution in [0.2, 0.25) is 0 Å². The molecule has 0 radical (unpaired) electrons. The molecule has 6 rings (SSSR count). The monoisotopic (exact) mass is 479 g/mol. The molecule has 2 fully saturated rings. The molecule has 9 heteroatoms. The van der Waals surface area contributed by atoms with Crippen LogP contribution in [0.15, 0.2) is 73.6 Å². The van der Waals surface area contributed by atoms with Gasteiger partial charge in [0.05, 0.1) is 17.5 Å². The van der Waals surface area contributed by atoms with Crippen LogP contribution in [0.4, 0.5) is 11.5 Å². The van der Waals surface area contributed by atoms with Crippen molar-refractivity contribution in [3.8, 4) is 11.3 Å². The third kappa shape index (κ3) is 3.60. The normalized spacial score (nSPS) is 20.6. The van der Waals surface area contributed by atoms with E-state index >= 15 is 0 Å². The van der Waals surface area contributed by atoms with Crippen LogP contribution in [-0.2, 0) is 4.79 Å². The molecule has 4 aromatic rings. The minimum atomic E-state index is -0.220. The fourth-order valence-corrected chi connectivity index (χ4v) is 5.59. The summed E-state index contributed by atoms with van der Waals surface area (Å²) in [6, 6.07) is 16.6. The van der Waals surface area contributed by atoms with Crippen LogP contribution in [0.25, 0.3) is 22.3 Å². The Morgan fingerprint density at radius 3 is 2.64 bits per heavy atom. The summed E-state index contributed by atoms with van der Waals surface area (Å²) in [7, 11) is 0. The number of nitrogens with two attached hydrogens (primary N) is 1. The van der Waals surface area contributed by atoms with Crippen LogP contribution in [0, 0.1) is 5.92 Å². The quantitative estimate of drug-likeness (QED) is 0.422. The number of nitrogens with zero attached hydrogens (tertiary/aromatic N) is 5. The van der Waals surface area contributed by atoms with Gasteiger partial charge in [0.15, 0.2) is 5.65 Å². The lowest BCUT2D eigenvalue weighted by Gasteiger charge is -2.32. The first-order valence-electron chi connectivity index (χ1n) is 11.9. The van der Waals surface area contributed by atoms with E-state index in [0.29, 0.717) is 34.0 Å². The molecule has 1 saturated heterocycles. The van der Waals surface area contributed by atoms with Gasteiger partial charge < -0.3 is 16.0 Å². The Kier molecular flexibility index (Phi) is 5.25. The topological polar surface area (TPSA) is 119 Å². The summed E-state index contributed by atoms with van der Waals surface area (Å²) in [4.78, 5) is 36.0. The molecule has 3 N–H and O–H groups in total. The second-order valence-corrected chi connectivity index (χ2v) is 9.32. The SMILES string of the molecule is C=CC(=O)N1CC2CC1C(n1nc(-c3cccc(C(=O)Nc4ccccc4)c3)c3c(N)ncnc31)C2. The van der Waals surface area contributed by atoms with Crippen LogP contribution in [0.1, 0.15) is 29.2 Å². The fourth-order valence-electron chi connectivity index (χ4n) is 5.59. The molecule has 180 valence electrons. The van der Waals surface area contributed by atoms with Crippen molar-refractivity contribution in [2.24, 2.45) is 5.92 Å². The second-order valence-electron chi connectivity index (χ2n) is 9.32. The number of anilines is 2. The van der Waals surface area contributed by atoms with Gasteiger partial charge in [0.25, 0.3) is 5.91 Å². The number of fused-ring (bicyclic) bond motifs is 3. The summed E-state index contributed by atoms with van der Waals surface area (Å²) in [5.74, 6) is 0.455. The van der Waals surface area contributed by atoms with Crippen molar-refractivity contribution in [2.45, 2.75) is 24.9 Å². The maximum atomic E-state index is 12.9. The number of nitrogen functional groups attached to an aromatic ring is 1. The first-order valence-corrected chi connectivity index (χ1v) is 11.9. The van der Waals surface area contributed by atoms with Gasteiger partial charge >= 0.3 is 0 Å². The summed E-state index contributed by atoms with van der Waals surface area (Å²) in [5.41, 5.74) is 9.51. The number of hydrogen-bond acceptors (Lipinski definition) is 6. The Hall–Kier alpha value is -4.53. The zero-order valence-electron chi connectivity index (χ0n) is 19.5. The molecule has 3 heterocycles. The number of aromatic nitrogens is 4. The van der Waals surface area contributed by atoms with E-state index in [4.69, 9.17) is 10.8 Å². The zero-order valence-corrected chi connectivity index (χ0v) is 19.5. The predicted molar refractivity (Wildman–Crippen MR) is 137 cm³/mol. The third-order valence-corrected chi connectivity index (χ3v) is 7.17. The number of rotatable bonds is 5. The maximum absolute atomic E-state index is 12.9. The Morgan fingerprint density at radius 1 is 1.06 bits per heavy atom. The van der Waals surface area contributed by atoms with E-state index in [9.17, 15) is 9.59 Å². The van der Waals surface area contributed by atoms with Gasteiger partial charge in [-0.2, -0.15) is 5.10 Å². The van der Waals surface area contributed by atoms with Crippen molar-refractivity contribution in [1.82, 2.24) is 24.6 Å². The number of piperidine rings is 1. The molecule has 2 aromatic heterocycles. The Morgan fingerprint density at radius 2 is 1.86 bits per heavy atom. The largest absolute Gasteiger partial charge is 0.383 e. The molecule has 3 unspecified atom stereocenters. The average Bonchev–Trinajstić information content (AvgIpc) is 3.62. The Bertz CT molecular complexity index is 1500. The van der Waals surface area contributed by atoms with Gasteiger partial charge in [-0.25, -0.2) is 14.6 Å². The maximum Gasteiger partial charge on any atom is 0.255 e. The van der Waals surface area contributed by atoms with E-state index in [0.717, 1.165) is 30.6 Å². The van der Waals surface area contributed by atoms with Crippen molar-refractivity contribution in [3.05, 3.63) is 79.1 Å². The van der Waals surface area contributed by atoms with Crippen LogP contribution < -0.4 is 11.1 Å². The summed E-state index contributed by atoms with van der Waals surface area (Å²) in [5, 5.41) is 8.52. The predicted octanol–water partition coefficient (Wildman–Crippen LogP) is 3.68. The number of para-hydroxylation sites is 1. The number of benzene rings is 2. The fraction of sp³-hybridized carbons (Fsp3) is 0.222. The van der Waals surface area contributed by atoms with Crippen molar-refractivity contribution >= 4 is 34.4 Å². The average molecular weight is 480 g/mol. The van der Waals surface area contributed by atoms with Crippen molar-refractivity contribution in [3.63, 3.8) is 0 Å². The van der Waals surface area contributed by atoms with E-state index in [1.165, 1.54) is 12.4 Å². The minimum Gasteiger partial charge on any atom is -0.383 e. The van der Waals surface area contributed by atoms with Crippen molar-refractivity contribution in [2.75, 3.05) is 17.6 Å². The van der Waals surface area contributed by atoms with Gasteiger partial charge in [0.1, 0.15) is 17.8 Å². The molecule has 36 heavy (non-hydrogen) atoms. The van der Waals surface area contributed by atoms with Gasteiger partial charge in [-0.05, 0) is 49.1 Å². The van der Waals surface area contributed by atoms with E-state index < -0.39 is 0 Å². The number of carbonyl (C=O) groups is 2. The Balaban J connectivity index is 1.40. The number of hydrogen-bond donors (Lipinski definition) is 2. The van der Waals surface area contributed by atoms with Gasteiger partial charge in [-0.1, -0.05) is 36.9 Å². The van der Waals surface area contributed by atoms with E-state index in [-0.39, 0.29) is 23.9 Å². The highest BCUT2D eigenvalue weighted by molar-refractivity contribution is 6.06. The first kappa shape index (κ1) is 22.0. The number of amides is 2. The van der Waals surface area contributed by atoms with Gasteiger partial charge in [-0.15, -0.1) is 0 Å². The zero-order chi connectivity index (χ0) is 24.8. The third-order valence-electron chi connectivity index (χ3n) is 7.17. The molecular weight excluding hydrogens is 454 g/mol. The Labute approximate surface area is 207 Å². The molecule has 2 amide bonds. The van der Waals surface area contributed by atoms with Crippen LogP contribution in [0.5, 0.6) is 0 Å². The number of carbonyl (C=O) groups excluding carboxylic acids is 2. The van der Waals surface area contributed by atoms with E-state index in [1.54, 1.807) is 12.1 Å². The van der Waals surface area contributed by atoms with Crippen LogP contribution in [-0.4, -0.2) is 49.0 Å². The lowest BCUT2D eigenvalue weighted by atomic mass is 10.1. The summed E-state index contributed by atoms with van der Waals surface area (Å²) < 4.78 is 1.90. The summed E-state index contributed by atoms with van der Waals surface area (Å²) >= 11 is 0. The van der Waals surface area contributed by atoms with Crippen LogP contribution >= 0.6 is 0 Å². The summed E-state index contributed by atoms with van der Waals surface area (Å²) in [6.45, 7) is 4.40. The highest BCUT2D eigenvalue weighted by Gasteiger charge is 2.48. The second kappa shape index (κ2) is 8.60. The molecular formula is C27H25N7O2. The molecule has 2 aliphatic rings.